The second-order valence-corrected chi connectivity index (χ2v) is 7.63. The van der Waals surface area contributed by atoms with E-state index in [0.717, 1.165) is 58.2 Å². The molecule has 1 amide bonds. The molecule has 2 heterocycles. The van der Waals surface area contributed by atoms with Gasteiger partial charge in [-0.15, -0.1) is 0 Å². The van der Waals surface area contributed by atoms with Gasteiger partial charge in [-0.25, -0.2) is 0 Å². The van der Waals surface area contributed by atoms with E-state index < -0.39 is 0 Å². The van der Waals surface area contributed by atoms with Crippen LogP contribution in [0.1, 0.15) is 30.4 Å². The molecule has 144 valence electrons. The van der Waals surface area contributed by atoms with Gasteiger partial charge in [0.2, 0.25) is 5.91 Å². The molecule has 26 heavy (non-hydrogen) atoms. The zero-order valence-electron chi connectivity index (χ0n) is 16.4. The number of likely N-dealkylation sites (tertiary alicyclic amines) is 1. The van der Waals surface area contributed by atoms with Crippen LogP contribution in [0.4, 0.5) is 0 Å². The Balaban J connectivity index is 1.35. The van der Waals surface area contributed by atoms with E-state index in [1.54, 1.807) is 0 Å². The predicted molar refractivity (Wildman–Crippen MR) is 105 cm³/mol. The smallest absolute Gasteiger partial charge is 0.236 e. The number of piperidine rings is 1. The Hall–Kier alpha value is -1.59. The van der Waals surface area contributed by atoms with E-state index in [1.807, 2.05) is 4.90 Å². The van der Waals surface area contributed by atoms with Gasteiger partial charge in [0.1, 0.15) is 12.4 Å². The van der Waals surface area contributed by atoms with E-state index in [9.17, 15) is 4.79 Å². The average Bonchev–Trinajstić information content (AvgIpc) is 2.66. The maximum Gasteiger partial charge on any atom is 0.236 e. The number of hydrogen-bond acceptors (Lipinski definition) is 4. The van der Waals surface area contributed by atoms with Gasteiger partial charge >= 0.3 is 0 Å². The van der Waals surface area contributed by atoms with Crippen LogP contribution in [0.3, 0.4) is 0 Å². The molecule has 2 aliphatic heterocycles. The molecule has 1 aromatic carbocycles. The van der Waals surface area contributed by atoms with Crippen LogP contribution in [0, 0.1) is 13.8 Å². The lowest BCUT2D eigenvalue weighted by Gasteiger charge is -2.36. The lowest BCUT2D eigenvalue weighted by Crippen LogP contribution is -2.51. The van der Waals surface area contributed by atoms with Crippen molar-refractivity contribution in [1.82, 2.24) is 14.7 Å². The van der Waals surface area contributed by atoms with Crippen molar-refractivity contribution in [1.29, 1.82) is 0 Å². The number of nitrogens with zero attached hydrogens (tertiary/aromatic N) is 3. The number of rotatable bonds is 6. The fourth-order valence-electron chi connectivity index (χ4n) is 3.91. The fourth-order valence-corrected chi connectivity index (χ4v) is 3.91. The van der Waals surface area contributed by atoms with Gasteiger partial charge in [-0.3, -0.25) is 14.6 Å². The minimum Gasteiger partial charge on any atom is -0.492 e. The summed E-state index contributed by atoms with van der Waals surface area (Å²) in [6.45, 7) is 12.3. The summed E-state index contributed by atoms with van der Waals surface area (Å²) in [4.78, 5) is 19.2. The summed E-state index contributed by atoms with van der Waals surface area (Å²) in [5.74, 6) is 1.34. The molecule has 0 bridgehead atoms. The van der Waals surface area contributed by atoms with E-state index in [2.05, 4.69) is 41.8 Å². The highest BCUT2D eigenvalue weighted by Crippen LogP contribution is 2.22. The molecule has 5 nitrogen and oxygen atoms in total. The molecule has 0 N–H and O–H groups in total. The number of aryl methyl sites for hydroxylation is 2. The van der Waals surface area contributed by atoms with Gasteiger partial charge in [0.15, 0.2) is 0 Å². The van der Waals surface area contributed by atoms with Crippen molar-refractivity contribution in [3.63, 3.8) is 0 Å². The monoisotopic (exact) mass is 359 g/mol. The van der Waals surface area contributed by atoms with Crippen molar-refractivity contribution >= 4 is 5.91 Å². The van der Waals surface area contributed by atoms with Crippen LogP contribution in [0.2, 0.25) is 0 Å². The maximum atomic E-state index is 12.4. The molecule has 1 aromatic rings. The summed E-state index contributed by atoms with van der Waals surface area (Å²) in [6, 6.07) is 6.27. The third-order valence-corrected chi connectivity index (χ3v) is 5.60. The van der Waals surface area contributed by atoms with E-state index in [0.29, 0.717) is 12.5 Å². The first-order valence-corrected chi connectivity index (χ1v) is 10.0. The van der Waals surface area contributed by atoms with Crippen LogP contribution in [-0.2, 0) is 4.79 Å². The summed E-state index contributed by atoms with van der Waals surface area (Å²) in [6.07, 6.45) is 3.60. The number of ether oxygens (including phenoxy) is 1. The van der Waals surface area contributed by atoms with E-state index in [1.165, 1.54) is 30.4 Å². The fraction of sp³-hybridized carbons (Fsp3) is 0.667. The molecule has 0 aliphatic carbocycles. The molecule has 0 spiro atoms. The molecule has 2 fully saturated rings. The van der Waals surface area contributed by atoms with E-state index in [-0.39, 0.29) is 0 Å². The quantitative estimate of drug-likeness (QED) is 0.781. The van der Waals surface area contributed by atoms with Crippen molar-refractivity contribution in [3.05, 3.63) is 29.3 Å². The van der Waals surface area contributed by atoms with Gasteiger partial charge in [-0.2, -0.15) is 0 Å². The zero-order valence-corrected chi connectivity index (χ0v) is 16.4. The second kappa shape index (κ2) is 9.38. The lowest BCUT2D eigenvalue weighted by molar-refractivity contribution is -0.133. The molecular weight excluding hydrogens is 326 g/mol. The number of amides is 1. The first-order valence-electron chi connectivity index (χ1n) is 10.0. The molecule has 0 unspecified atom stereocenters. The molecule has 0 aromatic heterocycles. The summed E-state index contributed by atoms with van der Waals surface area (Å²) in [5.41, 5.74) is 2.40. The van der Waals surface area contributed by atoms with Gasteiger partial charge in [0.25, 0.3) is 0 Å². The highest BCUT2D eigenvalue weighted by molar-refractivity contribution is 5.78. The van der Waals surface area contributed by atoms with Gasteiger partial charge in [-0.1, -0.05) is 18.2 Å². The SMILES string of the molecule is Cc1cccc(C)c1OCCN1CCN(CC(=O)N2CCCCC2)CC1. The maximum absolute atomic E-state index is 12.4. The first-order chi connectivity index (χ1) is 12.6. The van der Waals surface area contributed by atoms with Crippen LogP contribution in [0.5, 0.6) is 5.75 Å². The molecule has 0 radical (unpaired) electrons. The minimum atomic E-state index is 0.316. The van der Waals surface area contributed by atoms with E-state index in [4.69, 9.17) is 4.74 Å². The number of para-hydroxylation sites is 1. The van der Waals surface area contributed by atoms with Gasteiger partial charge in [-0.05, 0) is 44.2 Å². The zero-order chi connectivity index (χ0) is 18.4. The van der Waals surface area contributed by atoms with Gasteiger partial charge < -0.3 is 9.64 Å². The topological polar surface area (TPSA) is 36.0 Å². The third kappa shape index (κ3) is 5.21. The Bertz CT molecular complexity index is 571. The van der Waals surface area contributed by atoms with Gasteiger partial charge in [0.05, 0.1) is 6.54 Å². The molecule has 0 atom stereocenters. The standard InChI is InChI=1S/C21H33N3O2/c1-18-7-6-8-19(2)21(18)26-16-15-22-11-13-23(14-12-22)17-20(25)24-9-4-3-5-10-24/h6-8H,3-5,9-17H2,1-2H3. The first kappa shape index (κ1) is 19.2. The van der Waals surface area contributed by atoms with Crippen molar-refractivity contribution in [2.75, 3.05) is 59.0 Å². The molecule has 0 saturated carbocycles. The summed E-state index contributed by atoms with van der Waals surface area (Å²) in [7, 11) is 0. The van der Waals surface area contributed by atoms with Crippen LogP contribution in [0.25, 0.3) is 0 Å². The lowest BCUT2D eigenvalue weighted by atomic mass is 10.1. The Kier molecular flexibility index (Phi) is 6.92. The van der Waals surface area contributed by atoms with Gasteiger partial charge in [0, 0.05) is 45.8 Å². The van der Waals surface area contributed by atoms with Crippen LogP contribution in [0.15, 0.2) is 18.2 Å². The van der Waals surface area contributed by atoms with Crippen molar-refractivity contribution in [3.8, 4) is 5.75 Å². The number of hydrogen-bond donors (Lipinski definition) is 0. The van der Waals surface area contributed by atoms with Crippen LogP contribution >= 0.6 is 0 Å². The Morgan fingerprint density at radius 2 is 1.54 bits per heavy atom. The summed E-state index contributed by atoms with van der Waals surface area (Å²) >= 11 is 0. The number of benzene rings is 1. The molecular formula is C21H33N3O2. The Morgan fingerprint density at radius 3 is 2.19 bits per heavy atom. The minimum absolute atomic E-state index is 0.316. The van der Waals surface area contributed by atoms with Crippen molar-refractivity contribution < 1.29 is 9.53 Å². The molecule has 2 saturated heterocycles. The predicted octanol–water partition coefficient (Wildman–Crippen LogP) is 2.31. The number of carbonyl (C=O) groups is 1. The normalized spacial score (nSPS) is 19.5. The molecule has 2 aliphatic rings. The molecule has 5 heteroatoms. The van der Waals surface area contributed by atoms with Crippen molar-refractivity contribution in [2.45, 2.75) is 33.1 Å². The van der Waals surface area contributed by atoms with Crippen LogP contribution in [-0.4, -0.2) is 79.6 Å². The number of carbonyl (C=O) groups excluding carboxylic acids is 1. The highest BCUT2D eigenvalue weighted by atomic mass is 16.5. The third-order valence-electron chi connectivity index (χ3n) is 5.60. The highest BCUT2D eigenvalue weighted by Gasteiger charge is 2.22. The molecule has 3 rings (SSSR count). The average molecular weight is 360 g/mol. The van der Waals surface area contributed by atoms with Crippen molar-refractivity contribution in [2.24, 2.45) is 0 Å². The Morgan fingerprint density at radius 1 is 0.923 bits per heavy atom. The summed E-state index contributed by atoms with van der Waals surface area (Å²) in [5, 5.41) is 0. The second-order valence-electron chi connectivity index (χ2n) is 7.63. The van der Waals surface area contributed by atoms with Crippen LogP contribution < -0.4 is 4.74 Å². The number of piperazine rings is 1. The summed E-state index contributed by atoms with van der Waals surface area (Å²) < 4.78 is 6.02. The Labute approximate surface area is 157 Å². The largest absolute Gasteiger partial charge is 0.492 e. The van der Waals surface area contributed by atoms with E-state index >= 15 is 0 Å².